The van der Waals surface area contributed by atoms with Gasteiger partial charge in [-0.3, -0.25) is 4.90 Å². The van der Waals surface area contributed by atoms with Crippen LogP contribution in [0.15, 0.2) is 11.6 Å². The molecule has 0 bridgehead atoms. The van der Waals surface area contributed by atoms with Gasteiger partial charge in [0.25, 0.3) is 0 Å². The van der Waals surface area contributed by atoms with Gasteiger partial charge < -0.3 is 5.73 Å². The van der Waals surface area contributed by atoms with Crippen molar-refractivity contribution in [3.05, 3.63) is 16.6 Å². The Morgan fingerprint density at radius 2 is 2.54 bits per heavy atom. The van der Waals surface area contributed by atoms with E-state index in [2.05, 4.69) is 9.88 Å². The van der Waals surface area contributed by atoms with Crippen LogP contribution in [-0.4, -0.2) is 28.5 Å². The molecule has 3 nitrogen and oxygen atoms in total. The van der Waals surface area contributed by atoms with E-state index in [0.29, 0.717) is 4.99 Å². The van der Waals surface area contributed by atoms with Crippen LogP contribution in [0, 0.1) is 0 Å². The monoisotopic (exact) mass is 215 g/mol. The maximum atomic E-state index is 5.41. The van der Waals surface area contributed by atoms with Gasteiger partial charge in [0, 0.05) is 24.5 Å². The van der Waals surface area contributed by atoms with Crippen molar-refractivity contribution in [2.45, 2.75) is 13.0 Å². The summed E-state index contributed by atoms with van der Waals surface area (Å²) in [6, 6.07) is 0. The molecule has 1 aromatic rings. The Bertz CT molecular complexity index is 258. The van der Waals surface area contributed by atoms with Gasteiger partial charge in [-0.15, -0.1) is 11.3 Å². The molecule has 5 heteroatoms. The van der Waals surface area contributed by atoms with Crippen LogP contribution < -0.4 is 5.73 Å². The minimum atomic E-state index is 0.575. The fraction of sp³-hybridized carbons (Fsp3) is 0.500. The van der Waals surface area contributed by atoms with E-state index in [1.807, 2.05) is 18.6 Å². The summed E-state index contributed by atoms with van der Waals surface area (Å²) in [6.45, 7) is 1.77. The van der Waals surface area contributed by atoms with Gasteiger partial charge in [0.15, 0.2) is 0 Å². The Morgan fingerprint density at radius 3 is 3.08 bits per heavy atom. The summed E-state index contributed by atoms with van der Waals surface area (Å²) in [5, 5.41) is 3.11. The zero-order chi connectivity index (χ0) is 9.68. The number of thiazole rings is 1. The first kappa shape index (κ1) is 10.6. The van der Waals surface area contributed by atoms with Crippen molar-refractivity contribution < 1.29 is 0 Å². The number of thiocarbonyl (C=S) groups is 1. The van der Waals surface area contributed by atoms with Gasteiger partial charge in [-0.05, 0) is 7.05 Å². The number of nitrogens with zero attached hydrogens (tertiary/aromatic N) is 2. The molecule has 0 saturated heterocycles. The number of rotatable bonds is 5. The van der Waals surface area contributed by atoms with Gasteiger partial charge >= 0.3 is 0 Å². The van der Waals surface area contributed by atoms with E-state index in [-0.39, 0.29) is 0 Å². The Balaban J connectivity index is 2.25. The van der Waals surface area contributed by atoms with Crippen LogP contribution in [-0.2, 0) is 6.54 Å². The van der Waals surface area contributed by atoms with E-state index in [1.54, 1.807) is 11.3 Å². The second-order valence-corrected chi connectivity index (χ2v) is 4.38. The molecule has 0 spiro atoms. The Hall–Kier alpha value is -0.520. The summed E-state index contributed by atoms with van der Waals surface area (Å²) in [4.78, 5) is 6.94. The third-order valence-electron chi connectivity index (χ3n) is 1.63. The molecule has 1 rings (SSSR count). The molecule has 0 radical (unpaired) electrons. The molecule has 72 valence electrons. The quantitative estimate of drug-likeness (QED) is 0.751. The third-order valence-corrected chi connectivity index (χ3v) is 2.60. The highest BCUT2D eigenvalue weighted by atomic mass is 32.1. The highest BCUT2D eigenvalue weighted by molar-refractivity contribution is 7.80. The van der Waals surface area contributed by atoms with Crippen LogP contribution in [0.4, 0.5) is 0 Å². The van der Waals surface area contributed by atoms with Crippen LogP contribution in [0.25, 0.3) is 0 Å². The van der Waals surface area contributed by atoms with E-state index < -0.39 is 0 Å². The largest absolute Gasteiger partial charge is 0.393 e. The molecule has 0 aliphatic heterocycles. The predicted octanol–water partition coefficient (Wildman–Crippen LogP) is 1.25. The van der Waals surface area contributed by atoms with E-state index >= 15 is 0 Å². The third kappa shape index (κ3) is 4.31. The fourth-order valence-electron chi connectivity index (χ4n) is 0.942. The van der Waals surface area contributed by atoms with Gasteiger partial charge in [0.2, 0.25) is 0 Å². The van der Waals surface area contributed by atoms with Crippen molar-refractivity contribution in [1.29, 1.82) is 0 Å². The number of aromatic nitrogens is 1. The Morgan fingerprint density at radius 1 is 1.77 bits per heavy atom. The molecular weight excluding hydrogens is 202 g/mol. The van der Waals surface area contributed by atoms with Crippen molar-refractivity contribution >= 4 is 28.5 Å². The van der Waals surface area contributed by atoms with Crippen molar-refractivity contribution in [3.8, 4) is 0 Å². The van der Waals surface area contributed by atoms with Crippen molar-refractivity contribution in [3.63, 3.8) is 0 Å². The van der Waals surface area contributed by atoms with E-state index in [9.17, 15) is 0 Å². The predicted molar refractivity (Wildman–Crippen MR) is 59.9 cm³/mol. The fourth-order valence-corrected chi connectivity index (χ4v) is 1.73. The van der Waals surface area contributed by atoms with Gasteiger partial charge in [0.1, 0.15) is 5.01 Å². The number of hydrogen-bond donors (Lipinski definition) is 1. The summed E-state index contributed by atoms with van der Waals surface area (Å²) >= 11 is 6.47. The lowest BCUT2D eigenvalue weighted by Gasteiger charge is -2.13. The molecule has 1 aromatic heterocycles. The van der Waals surface area contributed by atoms with Crippen LogP contribution >= 0.6 is 23.6 Å². The van der Waals surface area contributed by atoms with Crippen LogP contribution in [0.2, 0.25) is 0 Å². The Labute approximate surface area is 87.6 Å². The maximum absolute atomic E-state index is 5.41. The van der Waals surface area contributed by atoms with E-state index in [1.165, 1.54) is 0 Å². The average Bonchev–Trinajstić information content (AvgIpc) is 2.53. The highest BCUT2D eigenvalue weighted by Gasteiger charge is 2.02. The standard InChI is InChI=1S/C8H13N3S2/c1-11(4-2-7(9)12)6-8-10-3-5-13-8/h3,5H,2,4,6H2,1H3,(H2,9,12). The van der Waals surface area contributed by atoms with Gasteiger partial charge in [-0.1, -0.05) is 12.2 Å². The van der Waals surface area contributed by atoms with Crippen molar-refractivity contribution in [2.75, 3.05) is 13.6 Å². The van der Waals surface area contributed by atoms with E-state index in [4.69, 9.17) is 18.0 Å². The average molecular weight is 215 g/mol. The van der Waals surface area contributed by atoms with Crippen LogP contribution in [0.1, 0.15) is 11.4 Å². The molecule has 0 fully saturated rings. The smallest absolute Gasteiger partial charge is 0.107 e. The highest BCUT2D eigenvalue weighted by Crippen LogP contribution is 2.06. The first-order valence-corrected chi connectivity index (χ1v) is 5.32. The summed E-state index contributed by atoms with van der Waals surface area (Å²) < 4.78 is 0. The molecule has 1 heterocycles. The van der Waals surface area contributed by atoms with Crippen LogP contribution in [0.3, 0.4) is 0 Å². The lowest BCUT2D eigenvalue weighted by atomic mass is 10.4. The lowest BCUT2D eigenvalue weighted by Crippen LogP contribution is -2.23. The molecule has 13 heavy (non-hydrogen) atoms. The minimum absolute atomic E-state index is 0.575. The molecule has 2 N–H and O–H groups in total. The Kier molecular flexibility index (Phi) is 4.27. The zero-order valence-corrected chi connectivity index (χ0v) is 9.20. The first-order chi connectivity index (χ1) is 6.18. The molecule has 0 unspecified atom stereocenters. The number of hydrogen-bond acceptors (Lipinski definition) is 4. The molecule has 0 aliphatic carbocycles. The van der Waals surface area contributed by atoms with E-state index in [0.717, 1.165) is 24.5 Å². The number of nitrogens with two attached hydrogens (primary N) is 1. The van der Waals surface area contributed by atoms with Gasteiger partial charge in [-0.25, -0.2) is 4.98 Å². The van der Waals surface area contributed by atoms with Crippen molar-refractivity contribution in [1.82, 2.24) is 9.88 Å². The maximum Gasteiger partial charge on any atom is 0.107 e. The SMILES string of the molecule is CN(CCC(N)=S)Cc1nccs1. The molecule has 0 aromatic carbocycles. The molecule has 0 atom stereocenters. The van der Waals surface area contributed by atoms with Gasteiger partial charge in [0.05, 0.1) is 11.5 Å². The minimum Gasteiger partial charge on any atom is -0.393 e. The molecule has 0 aliphatic rings. The van der Waals surface area contributed by atoms with Crippen LogP contribution in [0.5, 0.6) is 0 Å². The summed E-state index contributed by atoms with van der Waals surface area (Å²) in [5.41, 5.74) is 5.41. The molecular formula is C8H13N3S2. The lowest BCUT2D eigenvalue weighted by molar-refractivity contribution is 0.336. The summed E-state index contributed by atoms with van der Waals surface area (Å²) in [5.74, 6) is 0. The van der Waals surface area contributed by atoms with Gasteiger partial charge in [-0.2, -0.15) is 0 Å². The second kappa shape index (κ2) is 5.26. The molecule has 0 amide bonds. The molecule has 0 saturated carbocycles. The summed E-state index contributed by atoms with van der Waals surface area (Å²) in [6.07, 6.45) is 2.60. The topological polar surface area (TPSA) is 42.1 Å². The zero-order valence-electron chi connectivity index (χ0n) is 7.56. The summed E-state index contributed by atoms with van der Waals surface area (Å²) in [7, 11) is 2.04. The first-order valence-electron chi connectivity index (χ1n) is 4.03. The second-order valence-electron chi connectivity index (χ2n) is 2.88. The normalized spacial score (nSPS) is 10.6. The van der Waals surface area contributed by atoms with Crippen molar-refractivity contribution in [2.24, 2.45) is 5.73 Å².